The van der Waals surface area contributed by atoms with Gasteiger partial charge in [0.15, 0.2) is 0 Å². The molecule has 0 unspecified atom stereocenters. The van der Waals surface area contributed by atoms with Crippen LogP contribution < -0.4 is 4.74 Å². The van der Waals surface area contributed by atoms with Crippen molar-refractivity contribution in [1.82, 2.24) is 0 Å². The van der Waals surface area contributed by atoms with E-state index in [1.807, 2.05) is 24.3 Å². The zero-order chi connectivity index (χ0) is 22.7. The summed E-state index contributed by atoms with van der Waals surface area (Å²) in [7, 11) is 0. The van der Waals surface area contributed by atoms with Gasteiger partial charge in [-0.25, -0.2) is 0 Å². The molecule has 2 aromatic carbocycles. The molecule has 1 saturated heterocycles. The molecule has 2 aromatic rings. The molecule has 8 heteroatoms. The highest BCUT2D eigenvalue weighted by atomic mass is 35.5. The molecular formula is C23H29ClO7. The van der Waals surface area contributed by atoms with Gasteiger partial charge in [-0.2, -0.15) is 0 Å². The molecule has 170 valence electrons. The van der Waals surface area contributed by atoms with E-state index in [-0.39, 0.29) is 12.4 Å². The van der Waals surface area contributed by atoms with E-state index in [9.17, 15) is 25.5 Å². The molecular weight excluding hydrogens is 424 g/mol. The molecule has 0 aromatic heterocycles. The standard InChI is InChI=1S/C23H29ClO7/c1-3-13-4-6-14(7-5-13)8-16-17(24)9-15(11-25)10-18(16)30-23-21(29)19(27)20(28)22(31-23)12(2)26/h4-7,9-10,12,19-23,25-29H,3,8,11H2,1-2H3/t12-,19+,20+,21-,22-,23-/m1/s1. The minimum atomic E-state index is -1.57. The van der Waals surface area contributed by atoms with Crippen LogP contribution in [0.3, 0.4) is 0 Å². The average Bonchev–Trinajstić information content (AvgIpc) is 2.76. The first kappa shape index (κ1) is 23.9. The van der Waals surface area contributed by atoms with Crippen LogP contribution in [-0.2, 0) is 24.2 Å². The van der Waals surface area contributed by atoms with Crippen LogP contribution in [-0.4, -0.2) is 62.3 Å². The number of aliphatic hydroxyl groups excluding tert-OH is 5. The lowest BCUT2D eigenvalue weighted by Gasteiger charge is -2.41. The van der Waals surface area contributed by atoms with Gasteiger partial charge in [0.1, 0.15) is 30.2 Å². The number of aliphatic hydroxyl groups is 5. The van der Waals surface area contributed by atoms with Crippen LogP contribution in [0.4, 0.5) is 0 Å². The van der Waals surface area contributed by atoms with E-state index < -0.39 is 36.8 Å². The summed E-state index contributed by atoms with van der Waals surface area (Å²) in [6.45, 7) is 3.21. The van der Waals surface area contributed by atoms with Gasteiger partial charge in [-0.1, -0.05) is 42.8 Å². The normalized spacial score (nSPS) is 27.2. The second kappa shape index (κ2) is 10.3. The van der Waals surface area contributed by atoms with Crippen molar-refractivity contribution in [3.05, 3.63) is 63.7 Å². The minimum absolute atomic E-state index is 0.271. The molecule has 1 heterocycles. The Kier molecular flexibility index (Phi) is 7.93. The molecule has 0 radical (unpaired) electrons. The van der Waals surface area contributed by atoms with Crippen molar-refractivity contribution in [3.8, 4) is 5.75 Å². The van der Waals surface area contributed by atoms with Gasteiger partial charge in [-0.15, -0.1) is 0 Å². The molecule has 7 nitrogen and oxygen atoms in total. The van der Waals surface area contributed by atoms with Crippen LogP contribution in [0.2, 0.25) is 5.02 Å². The Morgan fingerprint density at radius 2 is 1.65 bits per heavy atom. The summed E-state index contributed by atoms with van der Waals surface area (Å²) in [5.74, 6) is 0.271. The third-order valence-corrected chi connectivity index (χ3v) is 5.87. The fourth-order valence-corrected chi connectivity index (χ4v) is 3.92. The van der Waals surface area contributed by atoms with Crippen molar-refractivity contribution in [2.45, 2.75) is 70.1 Å². The maximum Gasteiger partial charge on any atom is 0.229 e. The van der Waals surface area contributed by atoms with Gasteiger partial charge in [-0.05, 0) is 42.2 Å². The Morgan fingerprint density at radius 3 is 2.23 bits per heavy atom. The van der Waals surface area contributed by atoms with Crippen molar-refractivity contribution in [2.75, 3.05) is 0 Å². The van der Waals surface area contributed by atoms with Crippen LogP contribution in [0, 0.1) is 0 Å². The molecule has 31 heavy (non-hydrogen) atoms. The predicted molar refractivity (Wildman–Crippen MR) is 115 cm³/mol. The number of aryl methyl sites for hydroxylation is 1. The number of ether oxygens (including phenoxy) is 2. The van der Waals surface area contributed by atoms with Crippen LogP contribution in [0.1, 0.15) is 36.1 Å². The summed E-state index contributed by atoms with van der Waals surface area (Å²) >= 11 is 6.48. The molecule has 0 spiro atoms. The van der Waals surface area contributed by atoms with E-state index >= 15 is 0 Å². The number of hydrogen-bond donors (Lipinski definition) is 5. The van der Waals surface area contributed by atoms with Crippen molar-refractivity contribution in [3.63, 3.8) is 0 Å². The third-order valence-electron chi connectivity index (χ3n) is 5.53. The first-order valence-electron chi connectivity index (χ1n) is 10.3. The molecule has 1 aliphatic heterocycles. The van der Waals surface area contributed by atoms with Crippen molar-refractivity contribution >= 4 is 11.6 Å². The number of hydrogen-bond acceptors (Lipinski definition) is 7. The minimum Gasteiger partial charge on any atom is -0.462 e. The van der Waals surface area contributed by atoms with E-state index in [1.54, 1.807) is 12.1 Å². The number of benzene rings is 2. The Morgan fingerprint density at radius 1 is 1.00 bits per heavy atom. The van der Waals surface area contributed by atoms with E-state index in [4.69, 9.17) is 21.1 Å². The second-order valence-electron chi connectivity index (χ2n) is 7.86. The SMILES string of the molecule is CCc1ccc(Cc2c(Cl)cc(CO)cc2O[C@@H]2O[C@H]([C@@H](C)O)[C@@H](O)[C@H](O)[C@H]2O)cc1. The van der Waals surface area contributed by atoms with Crippen molar-refractivity contribution in [1.29, 1.82) is 0 Å². The Balaban J connectivity index is 1.92. The molecule has 5 N–H and O–H groups in total. The van der Waals surface area contributed by atoms with Crippen molar-refractivity contribution < 1.29 is 35.0 Å². The summed E-state index contributed by atoms with van der Waals surface area (Å²) in [6.07, 6.45) is -6.85. The van der Waals surface area contributed by atoms with Crippen LogP contribution in [0.5, 0.6) is 5.75 Å². The van der Waals surface area contributed by atoms with E-state index in [0.717, 1.165) is 12.0 Å². The van der Waals surface area contributed by atoms with Crippen molar-refractivity contribution in [2.24, 2.45) is 0 Å². The quantitative estimate of drug-likeness (QED) is 0.432. The average molecular weight is 453 g/mol. The zero-order valence-corrected chi connectivity index (χ0v) is 18.2. The molecule has 0 saturated carbocycles. The Bertz CT molecular complexity index is 871. The fourth-order valence-electron chi connectivity index (χ4n) is 3.62. The first-order chi connectivity index (χ1) is 14.7. The lowest BCUT2D eigenvalue weighted by atomic mass is 9.96. The molecule has 1 aliphatic rings. The summed E-state index contributed by atoms with van der Waals surface area (Å²) in [6, 6.07) is 11.3. The van der Waals surface area contributed by atoms with E-state index in [0.29, 0.717) is 22.6 Å². The lowest BCUT2D eigenvalue weighted by Crippen LogP contribution is -2.61. The van der Waals surface area contributed by atoms with Gasteiger partial charge in [0.2, 0.25) is 6.29 Å². The number of rotatable bonds is 7. The first-order valence-corrected chi connectivity index (χ1v) is 10.7. The summed E-state index contributed by atoms with van der Waals surface area (Å²) in [5, 5.41) is 50.5. The van der Waals surface area contributed by atoms with Crippen LogP contribution in [0.25, 0.3) is 0 Å². The smallest absolute Gasteiger partial charge is 0.229 e. The summed E-state index contributed by atoms with van der Waals surface area (Å²) < 4.78 is 11.4. The molecule has 6 atom stereocenters. The zero-order valence-electron chi connectivity index (χ0n) is 17.5. The Hall–Kier alpha value is -1.71. The highest BCUT2D eigenvalue weighted by Gasteiger charge is 2.46. The second-order valence-corrected chi connectivity index (χ2v) is 8.27. The van der Waals surface area contributed by atoms with Gasteiger partial charge in [-0.3, -0.25) is 0 Å². The lowest BCUT2D eigenvalue weighted by molar-refractivity contribution is -0.286. The van der Waals surface area contributed by atoms with E-state index in [1.165, 1.54) is 12.5 Å². The number of halogens is 1. The topological polar surface area (TPSA) is 120 Å². The molecule has 0 bridgehead atoms. The van der Waals surface area contributed by atoms with Gasteiger partial charge in [0.05, 0.1) is 12.7 Å². The van der Waals surface area contributed by atoms with Gasteiger partial charge in [0, 0.05) is 17.0 Å². The molecule has 1 fully saturated rings. The largest absolute Gasteiger partial charge is 0.462 e. The maximum atomic E-state index is 10.4. The Labute approximate surface area is 186 Å². The molecule has 0 aliphatic carbocycles. The predicted octanol–water partition coefficient (Wildman–Crippen LogP) is 1.55. The fraction of sp³-hybridized carbons (Fsp3) is 0.478. The molecule has 0 amide bonds. The van der Waals surface area contributed by atoms with E-state index in [2.05, 4.69) is 6.92 Å². The summed E-state index contributed by atoms with van der Waals surface area (Å²) in [5.41, 5.74) is 3.32. The molecule has 3 rings (SSSR count). The van der Waals surface area contributed by atoms with Crippen LogP contribution in [0.15, 0.2) is 36.4 Å². The van der Waals surface area contributed by atoms with Gasteiger partial charge in [0.25, 0.3) is 0 Å². The summed E-state index contributed by atoms with van der Waals surface area (Å²) in [4.78, 5) is 0. The highest BCUT2D eigenvalue weighted by molar-refractivity contribution is 6.31. The highest BCUT2D eigenvalue weighted by Crippen LogP contribution is 2.34. The van der Waals surface area contributed by atoms with Gasteiger partial charge >= 0.3 is 0 Å². The monoisotopic (exact) mass is 452 g/mol. The van der Waals surface area contributed by atoms with Crippen LogP contribution >= 0.6 is 11.6 Å². The van der Waals surface area contributed by atoms with Gasteiger partial charge < -0.3 is 35.0 Å². The third kappa shape index (κ3) is 5.38. The maximum absolute atomic E-state index is 10.4.